The molecule has 26 heavy (non-hydrogen) atoms. The van der Waals surface area contributed by atoms with Gasteiger partial charge >= 0.3 is 5.97 Å². The topological polar surface area (TPSA) is 67.2 Å². The van der Waals surface area contributed by atoms with E-state index in [9.17, 15) is 9.90 Å². The van der Waals surface area contributed by atoms with E-state index >= 15 is 0 Å². The lowest BCUT2D eigenvalue weighted by Gasteiger charge is -2.22. The van der Waals surface area contributed by atoms with E-state index in [1.807, 2.05) is 12.1 Å². The fourth-order valence-electron chi connectivity index (χ4n) is 3.27. The number of carboxylic acids is 1. The number of aromatic carboxylic acids is 1. The number of fused-ring (bicyclic) bond motifs is 1. The Morgan fingerprint density at radius 2 is 1.92 bits per heavy atom. The summed E-state index contributed by atoms with van der Waals surface area (Å²) in [5, 5.41) is 12.7. The lowest BCUT2D eigenvalue weighted by atomic mass is 9.94. The van der Waals surface area contributed by atoms with E-state index in [4.69, 9.17) is 0 Å². The maximum atomic E-state index is 11.2. The Morgan fingerprint density at radius 3 is 2.58 bits per heavy atom. The van der Waals surface area contributed by atoms with E-state index in [0.29, 0.717) is 12.5 Å². The largest absolute Gasteiger partial charge is 0.478 e. The normalized spacial score (nSPS) is 13.7. The van der Waals surface area contributed by atoms with Crippen molar-refractivity contribution in [2.24, 2.45) is 0 Å². The van der Waals surface area contributed by atoms with Gasteiger partial charge in [0.2, 0.25) is 0 Å². The molecule has 0 radical (unpaired) electrons. The van der Waals surface area contributed by atoms with E-state index in [-0.39, 0.29) is 11.6 Å². The third-order valence-electron chi connectivity index (χ3n) is 5.05. The average molecular weight is 351 g/mol. The van der Waals surface area contributed by atoms with Gasteiger partial charge < -0.3 is 15.0 Å². The maximum absolute atomic E-state index is 11.2. The van der Waals surface area contributed by atoms with Crippen molar-refractivity contribution in [1.82, 2.24) is 14.9 Å². The summed E-state index contributed by atoms with van der Waals surface area (Å²) in [5.41, 5.74) is 3.27. The first-order chi connectivity index (χ1) is 12.5. The standard InChI is InChI=1S/C21H25N3O2/c1-4-24-19-11-10-17(21(25)26)12-18(19)23-20(24)13-22-15(3)14(2)16-8-6-5-7-9-16/h5-12,14-15,22H,4,13H2,1-3H3,(H,25,26). The first-order valence-corrected chi connectivity index (χ1v) is 9.02. The summed E-state index contributed by atoms with van der Waals surface area (Å²) in [7, 11) is 0. The molecule has 0 bridgehead atoms. The fraction of sp³-hybridized carbons (Fsp3) is 0.333. The molecule has 5 heteroatoms. The second-order valence-corrected chi connectivity index (χ2v) is 6.65. The quantitative estimate of drug-likeness (QED) is 0.674. The Labute approximate surface area is 153 Å². The van der Waals surface area contributed by atoms with Gasteiger partial charge in [0.05, 0.1) is 23.1 Å². The number of carboxylic acid groups (broad SMARTS) is 1. The molecule has 0 aliphatic carbocycles. The van der Waals surface area contributed by atoms with Gasteiger partial charge in [0.15, 0.2) is 0 Å². The van der Waals surface area contributed by atoms with Crippen LogP contribution in [-0.2, 0) is 13.1 Å². The summed E-state index contributed by atoms with van der Waals surface area (Å²) < 4.78 is 2.13. The zero-order valence-corrected chi connectivity index (χ0v) is 15.4. The number of aryl methyl sites for hydroxylation is 1. The zero-order valence-electron chi connectivity index (χ0n) is 15.4. The minimum absolute atomic E-state index is 0.267. The van der Waals surface area contributed by atoms with Gasteiger partial charge in [-0.15, -0.1) is 0 Å². The molecule has 2 atom stereocenters. The van der Waals surface area contributed by atoms with E-state index in [2.05, 4.69) is 59.9 Å². The molecule has 1 aromatic heterocycles. The summed E-state index contributed by atoms with van der Waals surface area (Å²) in [4.78, 5) is 15.9. The van der Waals surface area contributed by atoms with Crippen molar-refractivity contribution in [2.45, 2.75) is 45.8 Å². The summed E-state index contributed by atoms with van der Waals surface area (Å²) in [5.74, 6) is 0.384. The molecule has 0 fully saturated rings. The van der Waals surface area contributed by atoms with Gasteiger partial charge in [-0.2, -0.15) is 0 Å². The molecule has 5 nitrogen and oxygen atoms in total. The van der Waals surface area contributed by atoms with E-state index in [1.165, 1.54) is 5.56 Å². The van der Waals surface area contributed by atoms with Crippen molar-refractivity contribution in [1.29, 1.82) is 0 Å². The van der Waals surface area contributed by atoms with Crippen LogP contribution in [0.1, 0.15) is 48.4 Å². The number of aromatic nitrogens is 2. The summed E-state index contributed by atoms with van der Waals surface area (Å²) in [6.07, 6.45) is 0. The second-order valence-electron chi connectivity index (χ2n) is 6.65. The lowest BCUT2D eigenvalue weighted by molar-refractivity contribution is 0.0697. The van der Waals surface area contributed by atoms with Crippen LogP contribution in [-0.4, -0.2) is 26.7 Å². The predicted octanol–water partition coefficient (Wildman–Crippen LogP) is 4.04. The van der Waals surface area contributed by atoms with E-state index in [1.54, 1.807) is 12.1 Å². The molecule has 0 saturated heterocycles. The number of hydrogen-bond donors (Lipinski definition) is 2. The van der Waals surface area contributed by atoms with Crippen molar-refractivity contribution < 1.29 is 9.90 Å². The van der Waals surface area contributed by atoms with Gasteiger partial charge in [-0.3, -0.25) is 0 Å². The Hall–Kier alpha value is -2.66. The van der Waals surface area contributed by atoms with Crippen LogP contribution in [0.25, 0.3) is 11.0 Å². The summed E-state index contributed by atoms with van der Waals surface area (Å²) >= 11 is 0. The van der Waals surface area contributed by atoms with Crippen molar-refractivity contribution in [3.05, 3.63) is 65.5 Å². The molecular weight excluding hydrogens is 326 g/mol. The Kier molecular flexibility index (Phi) is 5.38. The first-order valence-electron chi connectivity index (χ1n) is 9.02. The third-order valence-corrected chi connectivity index (χ3v) is 5.05. The van der Waals surface area contributed by atoms with Crippen LogP contribution in [0, 0.1) is 0 Å². The summed E-state index contributed by atoms with van der Waals surface area (Å²) in [6, 6.07) is 15.9. The third kappa shape index (κ3) is 3.63. The predicted molar refractivity (Wildman–Crippen MR) is 104 cm³/mol. The van der Waals surface area contributed by atoms with Crippen LogP contribution in [0.15, 0.2) is 48.5 Å². The minimum atomic E-state index is -0.928. The SMILES string of the molecule is CCn1c(CNC(C)C(C)c2ccccc2)nc2cc(C(=O)O)ccc21. The molecule has 0 amide bonds. The van der Waals surface area contributed by atoms with E-state index < -0.39 is 5.97 Å². The van der Waals surface area contributed by atoms with Crippen LogP contribution in [0.2, 0.25) is 0 Å². The smallest absolute Gasteiger partial charge is 0.335 e. The van der Waals surface area contributed by atoms with Crippen LogP contribution in [0.3, 0.4) is 0 Å². The van der Waals surface area contributed by atoms with Gasteiger partial charge in [0, 0.05) is 12.6 Å². The molecule has 3 rings (SSSR count). The average Bonchev–Trinajstić information content (AvgIpc) is 3.02. The van der Waals surface area contributed by atoms with Gasteiger partial charge in [-0.25, -0.2) is 9.78 Å². The van der Waals surface area contributed by atoms with Crippen molar-refractivity contribution in [3.8, 4) is 0 Å². The highest BCUT2D eigenvalue weighted by Gasteiger charge is 2.16. The molecule has 2 N–H and O–H groups in total. The number of carbonyl (C=O) groups is 1. The minimum Gasteiger partial charge on any atom is -0.478 e. The van der Waals surface area contributed by atoms with Gasteiger partial charge in [-0.1, -0.05) is 37.3 Å². The molecule has 0 aliphatic heterocycles. The molecular formula is C21H25N3O2. The van der Waals surface area contributed by atoms with Crippen molar-refractivity contribution in [3.63, 3.8) is 0 Å². The van der Waals surface area contributed by atoms with Gasteiger partial charge in [-0.05, 0) is 43.5 Å². The molecule has 2 aromatic carbocycles. The Bertz CT molecular complexity index is 902. The molecule has 1 heterocycles. The molecule has 0 spiro atoms. The lowest BCUT2D eigenvalue weighted by Crippen LogP contribution is -2.31. The fourth-order valence-corrected chi connectivity index (χ4v) is 3.27. The molecule has 136 valence electrons. The number of benzene rings is 2. The number of imidazole rings is 1. The second kappa shape index (κ2) is 7.70. The van der Waals surface area contributed by atoms with E-state index in [0.717, 1.165) is 23.4 Å². The molecule has 2 unspecified atom stereocenters. The highest BCUT2D eigenvalue weighted by Crippen LogP contribution is 2.21. The highest BCUT2D eigenvalue weighted by atomic mass is 16.4. The maximum Gasteiger partial charge on any atom is 0.335 e. The van der Waals surface area contributed by atoms with Crippen molar-refractivity contribution >= 4 is 17.0 Å². The Balaban J connectivity index is 1.78. The number of nitrogens with one attached hydrogen (secondary N) is 1. The van der Waals surface area contributed by atoms with Crippen molar-refractivity contribution in [2.75, 3.05) is 0 Å². The van der Waals surface area contributed by atoms with Gasteiger partial charge in [0.25, 0.3) is 0 Å². The Morgan fingerprint density at radius 1 is 1.19 bits per heavy atom. The van der Waals surface area contributed by atoms with Crippen LogP contribution in [0.5, 0.6) is 0 Å². The first kappa shape index (κ1) is 18.1. The molecule has 0 saturated carbocycles. The van der Waals surface area contributed by atoms with Gasteiger partial charge in [0.1, 0.15) is 5.82 Å². The van der Waals surface area contributed by atoms with Crippen LogP contribution in [0.4, 0.5) is 0 Å². The number of rotatable bonds is 7. The van der Waals surface area contributed by atoms with Crippen LogP contribution >= 0.6 is 0 Å². The monoisotopic (exact) mass is 351 g/mol. The van der Waals surface area contributed by atoms with Crippen LogP contribution < -0.4 is 5.32 Å². The number of hydrogen-bond acceptors (Lipinski definition) is 3. The molecule has 0 aliphatic rings. The number of nitrogens with zero attached hydrogens (tertiary/aromatic N) is 2. The highest BCUT2D eigenvalue weighted by molar-refractivity contribution is 5.92. The zero-order chi connectivity index (χ0) is 18.7. The summed E-state index contributed by atoms with van der Waals surface area (Å²) in [6.45, 7) is 7.91. The molecule has 3 aromatic rings.